The van der Waals surface area contributed by atoms with Gasteiger partial charge in [-0.05, 0) is 67.9 Å². The van der Waals surface area contributed by atoms with Crippen LogP contribution in [0.3, 0.4) is 0 Å². The summed E-state index contributed by atoms with van der Waals surface area (Å²) < 4.78 is 12.5. The Morgan fingerprint density at radius 3 is 1.79 bits per heavy atom. The Balaban J connectivity index is 1.48. The van der Waals surface area contributed by atoms with Crippen molar-refractivity contribution in [1.82, 2.24) is 0 Å². The van der Waals surface area contributed by atoms with Crippen molar-refractivity contribution >= 4 is 0 Å². The molecule has 1 unspecified atom stereocenters. The molecule has 1 fully saturated rings. The Bertz CT molecular complexity index is 1000. The van der Waals surface area contributed by atoms with Crippen LogP contribution < -0.4 is 15.2 Å². The third kappa shape index (κ3) is 6.85. The molecule has 0 bridgehead atoms. The van der Waals surface area contributed by atoms with Gasteiger partial charge >= 0.3 is 0 Å². The van der Waals surface area contributed by atoms with Crippen molar-refractivity contribution in [3.8, 4) is 11.5 Å². The van der Waals surface area contributed by atoms with Gasteiger partial charge in [0.1, 0.15) is 13.2 Å². The zero-order valence-electron chi connectivity index (χ0n) is 20.1. The van der Waals surface area contributed by atoms with Crippen molar-refractivity contribution in [2.75, 3.05) is 0 Å². The van der Waals surface area contributed by atoms with Gasteiger partial charge in [0.2, 0.25) is 0 Å². The van der Waals surface area contributed by atoms with Crippen LogP contribution in [0.2, 0.25) is 0 Å². The fourth-order valence-electron chi connectivity index (χ4n) is 4.60. The Morgan fingerprint density at radius 2 is 1.21 bits per heavy atom. The first-order chi connectivity index (χ1) is 16.1. The molecule has 33 heavy (non-hydrogen) atoms. The van der Waals surface area contributed by atoms with Crippen LogP contribution in [0.15, 0.2) is 66.7 Å². The van der Waals surface area contributed by atoms with Crippen LogP contribution in [0.1, 0.15) is 59.9 Å². The number of rotatable bonds is 9. The predicted molar refractivity (Wildman–Crippen MR) is 136 cm³/mol. The predicted octanol–water partition coefficient (Wildman–Crippen LogP) is 6.91. The maximum absolute atomic E-state index is 6.62. The second kappa shape index (κ2) is 11.4. The standard InChI is InChI=1S/C30H37NO2/c1-22-8-12-24(13-9-22)20-32-29-17-16-26(18-28(31)27-6-4-3-5-7-27)19-30(29)33-21-25-14-10-23(2)11-15-25/h8-17,19,27-28H,3-7,18,20-21,31H2,1-2H3. The van der Waals surface area contributed by atoms with Gasteiger partial charge < -0.3 is 15.2 Å². The first-order valence-electron chi connectivity index (χ1n) is 12.3. The number of benzene rings is 3. The summed E-state index contributed by atoms with van der Waals surface area (Å²) in [7, 11) is 0. The molecule has 0 heterocycles. The van der Waals surface area contributed by atoms with Gasteiger partial charge in [-0.25, -0.2) is 0 Å². The van der Waals surface area contributed by atoms with E-state index in [-0.39, 0.29) is 6.04 Å². The van der Waals surface area contributed by atoms with Crippen molar-refractivity contribution in [2.45, 2.75) is 71.6 Å². The van der Waals surface area contributed by atoms with Crippen LogP contribution in [0.4, 0.5) is 0 Å². The third-order valence-electron chi connectivity index (χ3n) is 6.76. The topological polar surface area (TPSA) is 44.5 Å². The third-order valence-corrected chi connectivity index (χ3v) is 6.76. The summed E-state index contributed by atoms with van der Waals surface area (Å²) in [6.45, 7) is 5.22. The van der Waals surface area contributed by atoms with Crippen LogP contribution in [-0.4, -0.2) is 6.04 Å². The fourth-order valence-corrected chi connectivity index (χ4v) is 4.60. The van der Waals surface area contributed by atoms with Crippen LogP contribution in [-0.2, 0) is 19.6 Å². The lowest BCUT2D eigenvalue weighted by molar-refractivity contribution is 0.255. The molecule has 1 aliphatic rings. The van der Waals surface area contributed by atoms with Crippen molar-refractivity contribution in [1.29, 1.82) is 0 Å². The maximum atomic E-state index is 6.62. The highest BCUT2D eigenvalue weighted by Gasteiger charge is 2.21. The molecule has 0 spiro atoms. The van der Waals surface area contributed by atoms with Gasteiger partial charge in [0.25, 0.3) is 0 Å². The summed E-state index contributed by atoms with van der Waals surface area (Å²) >= 11 is 0. The summed E-state index contributed by atoms with van der Waals surface area (Å²) in [5, 5.41) is 0. The molecule has 3 aromatic carbocycles. The molecule has 0 aromatic heterocycles. The molecule has 3 aromatic rings. The average Bonchev–Trinajstić information content (AvgIpc) is 2.84. The van der Waals surface area contributed by atoms with Gasteiger partial charge in [-0.2, -0.15) is 0 Å². The summed E-state index contributed by atoms with van der Waals surface area (Å²) in [4.78, 5) is 0. The van der Waals surface area contributed by atoms with Crippen LogP contribution >= 0.6 is 0 Å². The zero-order chi connectivity index (χ0) is 23.0. The summed E-state index contributed by atoms with van der Waals surface area (Å²) in [5.74, 6) is 2.20. The molecular formula is C30H37NO2. The monoisotopic (exact) mass is 443 g/mol. The minimum absolute atomic E-state index is 0.203. The van der Waals surface area contributed by atoms with Crippen LogP contribution in [0.25, 0.3) is 0 Å². The lowest BCUT2D eigenvalue weighted by Gasteiger charge is -2.27. The SMILES string of the molecule is Cc1ccc(COc2ccc(CC(N)C3CCCCC3)cc2OCc2ccc(C)cc2)cc1. The van der Waals surface area contributed by atoms with E-state index in [1.165, 1.54) is 48.8 Å². The van der Waals surface area contributed by atoms with E-state index in [4.69, 9.17) is 15.2 Å². The van der Waals surface area contributed by atoms with E-state index >= 15 is 0 Å². The van der Waals surface area contributed by atoms with E-state index in [1.807, 2.05) is 6.07 Å². The van der Waals surface area contributed by atoms with E-state index in [9.17, 15) is 0 Å². The summed E-state index contributed by atoms with van der Waals surface area (Å²) in [6.07, 6.45) is 7.38. The molecule has 3 heteroatoms. The Kier molecular flexibility index (Phi) is 8.06. The molecular weight excluding hydrogens is 406 g/mol. The Hall–Kier alpha value is -2.78. The molecule has 3 nitrogen and oxygen atoms in total. The second-order valence-corrected chi connectivity index (χ2v) is 9.60. The number of hydrogen-bond acceptors (Lipinski definition) is 3. The molecule has 0 saturated heterocycles. The van der Waals surface area contributed by atoms with E-state index in [2.05, 4.69) is 74.5 Å². The molecule has 174 valence electrons. The van der Waals surface area contributed by atoms with Crippen molar-refractivity contribution < 1.29 is 9.47 Å². The number of hydrogen-bond donors (Lipinski definition) is 1. The van der Waals surface area contributed by atoms with Crippen molar-refractivity contribution in [2.24, 2.45) is 11.7 Å². The number of ether oxygens (including phenoxy) is 2. The fraction of sp³-hybridized carbons (Fsp3) is 0.400. The molecule has 1 saturated carbocycles. The lowest BCUT2D eigenvalue weighted by Crippen LogP contribution is -2.33. The lowest BCUT2D eigenvalue weighted by atomic mass is 9.82. The Morgan fingerprint density at radius 1 is 0.697 bits per heavy atom. The first kappa shape index (κ1) is 23.4. The zero-order valence-corrected chi connectivity index (χ0v) is 20.1. The van der Waals surface area contributed by atoms with Crippen molar-refractivity contribution in [3.05, 3.63) is 94.5 Å². The second-order valence-electron chi connectivity index (χ2n) is 9.60. The molecule has 2 N–H and O–H groups in total. The van der Waals surface area contributed by atoms with E-state index < -0.39 is 0 Å². The quantitative estimate of drug-likeness (QED) is 0.391. The molecule has 0 amide bonds. The van der Waals surface area contributed by atoms with Gasteiger partial charge in [0.05, 0.1) is 0 Å². The smallest absolute Gasteiger partial charge is 0.161 e. The molecule has 1 atom stereocenters. The van der Waals surface area contributed by atoms with Crippen molar-refractivity contribution in [3.63, 3.8) is 0 Å². The van der Waals surface area contributed by atoms with Crippen LogP contribution in [0.5, 0.6) is 11.5 Å². The average molecular weight is 444 g/mol. The highest BCUT2D eigenvalue weighted by molar-refractivity contribution is 5.43. The minimum atomic E-state index is 0.203. The normalized spacial score (nSPS) is 15.2. The number of aryl methyl sites for hydroxylation is 2. The Labute approximate surface area is 198 Å². The largest absolute Gasteiger partial charge is 0.485 e. The molecule has 0 aliphatic heterocycles. The van der Waals surface area contributed by atoms with Gasteiger partial charge in [-0.15, -0.1) is 0 Å². The van der Waals surface area contributed by atoms with Gasteiger partial charge in [0.15, 0.2) is 11.5 Å². The summed E-state index contributed by atoms with van der Waals surface area (Å²) in [5.41, 5.74) is 12.6. The minimum Gasteiger partial charge on any atom is -0.485 e. The number of nitrogens with two attached hydrogens (primary N) is 1. The van der Waals surface area contributed by atoms with Gasteiger partial charge in [-0.3, -0.25) is 0 Å². The maximum Gasteiger partial charge on any atom is 0.161 e. The highest BCUT2D eigenvalue weighted by Crippen LogP contribution is 2.32. The molecule has 0 radical (unpaired) electrons. The van der Waals surface area contributed by atoms with E-state index in [0.717, 1.165) is 29.0 Å². The van der Waals surface area contributed by atoms with Gasteiger partial charge in [0, 0.05) is 6.04 Å². The van der Waals surface area contributed by atoms with E-state index in [0.29, 0.717) is 19.1 Å². The van der Waals surface area contributed by atoms with Crippen LogP contribution in [0, 0.1) is 19.8 Å². The summed E-state index contributed by atoms with van der Waals surface area (Å²) in [6, 6.07) is 23.4. The van der Waals surface area contributed by atoms with Gasteiger partial charge in [-0.1, -0.05) is 85.0 Å². The van der Waals surface area contributed by atoms with E-state index in [1.54, 1.807) is 0 Å². The highest BCUT2D eigenvalue weighted by atomic mass is 16.5. The molecule has 4 rings (SSSR count). The molecule has 1 aliphatic carbocycles. The first-order valence-corrected chi connectivity index (χ1v) is 12.3.